The lowest BCUT2D eigenvalue weighted by Gasteiger charge is -2.36. The molecule has 0 aliphatic carbocycles. The van der Waals surface area contributed by atoms with Crippen molar-refractivity contribution in [2.45, 2.75) is 18.6 Å². The van der Waals surface area contributed by atoms with E-state index in [4.69, 9.17) is 11.6 Å². The lowest BCUT2D eigenvalue weighted by molar-refractivity contribution is -0.137. The zero-order chi connectivity index (χ0) is 26.3. The molecule has 190 valence electrons. The summed E-state index contributed by atoms with van der Waals surface area (Å²) in [6.07, 6.45) is -5.19. The summed E-state index contributed by atoms with van der Waals surface area (Å²) < 4.78 is 43.5. The highest BCUT2D eigenvalue weighted by atomic mass is 35.5. The van der Waals surface area contributed by atoms with Crippen LogP contribution in [0.3, 0.4) is 0 Å². The Hall–Kier alpha value is -4.25. The SMILES string of the molecule is O=C(O)NC1CCN(c2ccc(-c3noc(=O)[nH]3)c(Cl)c2)c2ccc(-c3ccc(C(F)(F)F)cc3)cc21. The van der Waals surface area contributed by atoms with Gasteiger partial charge in [0.05, 0.1) is 16.6 Å². The molecule has 1 unspecified atom stereocenters. The molecule has 3 N–H and O–H groups in total. The highest BCUT2D eigenvalue weighted by Gasteiger charge is 2.31. The van der Waals surface area contributed by atoms with E-state index in [1.807, 2.05) is 4.90 Å². The van der Waals surface area contributed by atoms with Crippen LogP contribution in [0.5, 0.6) is 0 Å². The van der Waals surface area contributed by atoms with Gasteiger partial charge in [-0.1, -0.05) is 35.0 Å². The summed E-state index contributed by atoms with van der Waals surface area (Å²) in [5.74, 6) is -0.520. The van der Waals surface area contributed by atoms with Crippen molar-refractivity contribution < 1.29 is 27.6 Å². The number of nitrogens with zero attached hydrogens (tertiary/aromatic N) is 2. The van der Waals surface area contributed by atoms with E-state index >= 15 is 0 Å². The third-order valence-corrected chi connectivity index (χ3v) is 6.45. The molecule has 0 radical (unpaired) electrons. The number of alkyl halides is 3. The van der Waals surface area contributed by atoms with E-state index in [2.05, 4.69) is 20.0 Å². The fourth-order valence-corrected chi connectivity index (χ4v) is 4.69. The first kappa shape index (κ1) is 24.4. The van der Waals surface area contributed by atoms with Crippen LogP contribution in [0.15, 0.2) is 70.0 Å². The minimum absolute atomic E-state index is 0.187. The Bertz CT molecular complexity index is 1530. The fourth-order valence-electron chi connectivity index (χ4n) is 4.42. The normalized spacial score (nSPS) is 15.4. The van der Waals surface area contributed by atoms with E-state index in [0.717, 1.165) is 23.5 Å². The number of carboxylic acid groups (broad SMARTS) is 1. The Kier molecular flexibility index (Phi) is 6.16. The Morgan fingerprint density at radius 3 is 2.46 bits per heavy atom. The Labute approximate surface area is 212 Å². The summed E-state index contributed by atoms with van der Waals surface area (Å²) >= 11 is 6.47. The largest absolute Gasteiger partial charge is 0.465 e. The van der Waals surface area contributed by atoms with E-state index in [9.17, 15) is 27.9 Å². The van der Waals surface area contributed by atoms with E-state index < -0.39 is 29.6 Å². The van der Waals surface area contributed by atoms with Gasteiger partial charge in [0.25, 0.3) is 0 Å². The van der Waals surface area contributed by atoms with E-state index in [1.165, 1.54) is 12.1 Å². The highest BCUT2D eigenvalue weighted by Crippen LogP contribution is 2.42. The number of H-pyrrole nitrogens is 1. The lowest BCUT2D eigenvalue weighted by Crippen LogP contribution is -2.35. The number of hydrogen-bond donors (Lipinski definition) is 3. The van der Waals surface area contributed by atoms with Gasteiger partial charge in [0.1, 0.15) is 0 Å². The van der Waals surface area contributed by atoms with E-state index in [1.54, 1.807) is 36.4 Å². The summed E-state index contributed by atoms with van der Waals surface area (Å²) in [5, 5.41) is 15.8. The van der Waals surface area contributed by atoms with Gasteiger partial charge in [-0.15, -0.1) is 0 Å². The van der Waals surface area contributed by atoms with Gasteiger partial charge in [0.15, 0.2) is 5.82 Å². The molecule has 3 aromatic carbocycles. The molecule has 1 atom stereocenters. The number of rotatable bonds is 4. The van der Waals surface area contributed by atoms with E-state index in [0.29, 0.717) is 40.2 Å². The molecule has 1 amide bonds. The van der Waals surface area contributed by atoms with Crippen LogP contribution in [0.1, 0.15) is 23.6 Å². The molecule has 5 rings (SSSR count). The molecule has 12 heteroatoms. The number of carbonyl (C=O) groups is 1. The van der Waals surface area contributed by atoms with Crippen molar-refractivity contribution in [3.8, 4) is 22.5 Å². The maximum atomic E-state index is 13.0. The van der Waals surface area contributed by atoms with Crippen molar-refractivity contribution in [2.75, 3.05) is 11.4 Å². The first-order valence-corrected chi connectivity index (χ1v) is 11.4. The van der Waals surface area contributed by atoms with Crippen LogP contribution in [-0.4, -0.2) is 27.9 Å². The highest BCUT2D eigenvalue weighted by molar-refractivity contribution is 6.33. The average Bonchev–Trinajstić information content (AvgIpc) is 3.29. The minimum Gasteiger partial charge on any atom is -0.465 e. The second-order valence-electron chi connectivity index (χ2n) is 8.40. The summed E-state index contributed by atoms with van der Waals surface area (Å²) in [6, 6.07) is 14.8. The molecule has 1 aliphatic rings. The number of hydrogen-bond acceptors (Lipinski definition) is 5. The van der Waals surface area contributed by atoms with Crippen LogP contribution < -0.4 is 16.0 Å². The maximum Gasteiger partial charge on any atom is 0.439 e. The van der Waals surface area contributed by atoms with Crippen LogP contribution >= 0.6 is 11.6 Å². The standard InChI is InChI=1S/C25H18ClF3N4O4/c26-19-12-16(6-7-17(19)22-31-24(36)37-32-22)33-10-9-20(30-23(34)35)18-11-14(3-8-21(18)33)13-1-4-15(5-2-13)25(27,28)29/h1-8,11-12,20,30H,9-10H2,(H,34,35)(H,31,32,36). The number of fused-ring (bicyclic) bond motifs is 1. The third-order valence-electron chi connectivity index (χ3n) is 6.14. The predicted octanol–water partition coefficient (Wildman–Crippen LogP) is 6.22. The number of nitrogens with one attached hydrogen (secondary N) is 2. The zero-order valence-electron chi connectivity index (χ0n) is 18.8. The van der Waals surface area contributed by atoms with Gasteiger partial charge < -0.3 is 15.3 Å². The van der Waals surface area contributed by atoms with Crippen LogP contribution in [0, 0.1) is 0 Å². The summed E-state index contributed by atoms with van der Waals surface area (Å²) in [6.45, 7) is 0.466. The number of halogens is 4. The van der Waals surface area contributed by atoms with E-state index in [-0.39, 0.29) is 5.82 Å². The number of anilines is 2. The molecular formula is C25H18ClF3N4O4. The van der Waals surface area contributed by atoms with Crippen LogP contribution in [0.2, 0.25) is 5.02 Å². The molecule has 2 heterocycles. The Morgan fingerprint density at radius 2 is 1.84 bits per heavy atom. The van der Waals surface area contributed by atoms with Crippen molar-refractivity contribution in [1.29, 1.82) is 0 Å². The van der Waals surface area contributed by atoms with Crippen molar-refractivity contribution >= 4 is 29.1 Å². The van der Waals surface area contributed by atoms with Gasteiger partial charge in [-0.2, -0.15) is 13.2 Å². The molecule has 0 bridgehead atoms. The summed E-state index contributed by atoms with van der Waals surface area (Å²) in [7, 11) is 0. The first-order chi connectivity index (χ1) is 17.6. The quantitative estimate of drug-likeness (QED) is 0.289. The van der Waals surface area contributed by atoms with Gasteiger partial charge in [-0.25, -0.2) is 9.59 Å². The molecule has 1 aliphatic heterocycles. The maximum absolute atomic E-state index is 13.0. The average molecular weight is 531 g/mol. The number of amides is 1. The second kappa shape index (κ2) is 9.32. The van der Waals surface area contributed by atoms with Gasteiger partial charge in [0, 0.05) is 23.5 Å². The van der Waals surface area contributed by atoms with Crippen molar-refractivity contribution in [2.24, 2.45) is 0 Å². The first-order valence-electron chi connectivity index (χ1n) is 11.0. The van der Waals surface area contributed by atoms with Gasteiger partial charge >= 0.3 is 18.0 Å². The van der Waals surface area contributed by atoms with Crippen molar-refractivity contribution in [3.05, 3.63) is 87.4 Å². The molecule has 0 saturated carbocycles. The zero-order valence-corrected chi connectivity index (χ0v) is 19.6. The van der Waals surface area contributed by atoms with Crippen LogP contribution in [0.25, 0.3) is 22.5 Å². The monoisotopic (exact) mass is 530 g/mol. The van der Waals surface area contributed by atoms with Crippen LogP contribution in [-0.2, 0) is 6.18 Å². The summed E-state index contributed by atoms with van der Waals surface area (Å²) in [5.41, 5.74) is 3.05. The second-order valence-corrected chi connectivity index (χ2v) is 8.81. The molecular weight excluding hydrogens is 513 g/mol. The fraction of sp³-hybridized carbons (Fsp3) is 0.160. The molecule has 37 heavy (non-hydrogen) atoms. The minimum atomic E-state index is -4.44. The van der Waals surface area contributed by atoms with Gasteiger partial charge in [-0.3, -0.25) is 9.51 Å². The smallest absolute Gasteiger partial charge is 0.439 e. The van der Waals surface area contributed by atoms with Crippen molar-refractivity contribution in [1.82, 2.24) is 15.5 Å². The molecule has 0 saturated heterocycles. The molecule has 8 nitrogen and oxygen atoms in total. The molecule has 0 fully saturated rings. The number of benzene rings is 3. The molecule has 1 aromatic heterocycles. The summed E-state index contributed by atoms with van der Waals surface area (Å²) in [4.78, 5) is 27.1. The Balaban J connectivity index is 1.53. The topological polar surface area (TPSA) is 111 Å². The lowest BCUT2D eigenvalue weighted by atomic mass is 9.92. The molecule has 4 aromatic rings. The van der Waals surface area contributed by atoms with Crippen molar-refractivity contribution in [3.63, 3.8) is 0 Å². The number of aromatic amines is 1. The van der Waals surface area contributed by atoms with Crippen LogP contribution in [0.4, 0.5) is 29.3 Å². The number of aromatic nitrogens is 2. The Morgan fingerprint density at radius 1 is 1.11 bits per heavy atom. The van der Waals surface area contributed by atoms with Gasteiger partial charge in [0.2, 0.25) is 0 Å². The predicted molar refractivity (Wildman–Crippen MR) is 130 cm³/mol. The third kappa shape index (κ3) is 4.90. The molecule has 0 spiro atoms. The van der Waals surface area contributed by atoms with Gasteiger partial charge in [-0.05, 0) is 65.6 Å².